The van der Waals surface area contributed by atoms with E-state index in [0.717, 1.165) is 5.56 Å². The van der Waals surface area contributed by atoms with Crippen LogP contribution in [-0.2, 0) is 22.4 Å². The van der Waals surface area contributed by atoms with Gasteiger partial charge >= 0.3 is 6.09 Å². The third-order valence-corrected chi connectivity index (χ3v) is 3.72. The van der Waals surface area contributed by atoms with Crippen LogP contribution in [-0.4, -0.2) is 37.9 Å². The van der Waals surface area contributed by atoms with E-state index in [0.29, 0.717) is 23.5 Å². The quantitative estimate of drug-likeness (QED) is 0.866. The number of benzene rings is 1. The lowest BCUT2D eigenvalue weighted by Crippen LogP contribution is -2.28. The van der Waals surface area contributed by atoms with Crippen LogP contribution in [0.1, 0.15) is 11.1 Å². The highest BCUT2D eigenvalue weighted by molar-refractivity contribution is 6.01. The van der Waals surface area contributed by atoms with Gasteiger partial charge in [0, 0.05) is 18.7 Å². The van der Waals surface area contributed by atoms with Gasteiger partial charge in [0.25, 0.3) is 0 Å². The summed E-state index contributed by atoms with van der Waals surface area (Å²) in [5.41, 5.74) is 8.29. The van der Waals surface area contributed by atoms with Crippen molar-refractivity contribution in [1.82, 2.24) is 0 Å². The number of cyclic esters (lactones) is 1. The number of rotatable bonds is 4. The van der Waals surface area contributed by atoms with Crippen LogP contribution < -0.4 is 16.0 Å². The van der Waals surface area contributed by atoms with Crippen LogP contribution in [0.3, 0.4) is 0 Å². The molecule has 0 spiro atoms. The molecule has 2 heterocycles. The number of nitrogens with zero attached hydrogens (tertiary/aromatic N) is 1. The van der Waals surface area contributed by atoms with E-state index in [2.05, 4.69) is 5.32 Å². The number of nitrogens with one attached hydrogen (secondary N) is 1. The molecule has 21 heavy (non-hydrogen) atoms. The lowest BCUT2D eigenvalue weighted by atomic mass is 10.0. The summed E-state index contributed by atoms with van der Waals surface area (Å²) in [5, 5.41) is 2.73. The normalized spacial score (nSPS) is 20.5. The summed E-state index contributed by atoms with van der Waals surface area (Å²) >= 11 is 0. The van der Waals surface area contributed by atoms with Gasteiger partial charge in [-0.1, -0.05) is 0 Å². The number of alkyl halides is 1. The van der Waals surface area contributed by atoms with Crippen molar-refractivity contribution in [2.24, 2.45) is 5.73 Å². The fourth-order valence-corrected chi connectivity index (χ4v) is 2.70. The first kappa shape index (κ1) is 13.8. The van der Waals surface area contributed by atoms with Gasteiger partial charge in [-0.25, -0.2) is 4.79 Å². The predicted octanol–water partition coefficient (Wildman–Crippen LogP) is 0.977. The molecule has 6 nitrogen and oxygen atoms in total. The number of halogens is 1. The minimum Gasteiger partial charge on any atom is -0.443 e. The third kappa shape index (κ3) is 2.44. The molecule has 1 fully saturated rings. The minimum atomic E-state index is -0.539. The van der Waals surface area contributed by atoms with Crippen molar-refractivity contribution in [3.05, 3.63) is 23.3 Å². The zero-order valence-electron chi connectivity index (χ0n) is 11.4. The number of amides is 2. The zero-order valence-corrected chi connectivity index (χ0v) is 11.4. The van der Waals surface area contributed by atoms with E-state index in [4.69, 9.17) is 10.5 Å². The van der Waals surface area contributed by atoms with Crippen molar-refractivity contribution in [3.8, 4) is 0 Å². The zero-order chi connectivity index (χ0) is 15.0. The molecule has 1 atom stereocenters. The Balaban J connectivity index is 1.99. The number of hydrogen-bond donors (Lipinski definition) is 2. The van der Waals surface area contributed by atoms with E-state index in [1.165, 1.54) is 4.90 Å². The van der Waals surface area contributed by atoms with Gasteiger partial charge in [-0.3, -0.25) is 14.1 Å². The Morgan fingerprint density at radius 2 is 2.24 bits per heavy atom. The highest BCUT2D eigenvalue weighted by Crippen LogP contribution is 2.34. The topological polar surface area (TPSA) is 84.7 Å². The van der Waals surface area contributed by atoms with Gasteiger partial charge in [-0.2, -0.15) is 0 Å². The lowest BCUT2D eigenvalue weighted by molar-refractivity contribution is -0.115. The summed E-state index contributed by atoms with van der Waals surface area (Å²) in [6.45, 7) is 0.0450. The average molecular weight is 293 g/mol. The standard InChI is InChI=1S/C14H16FN3O3/c15-2-1-8-3-11-9(5-13(19)17-11)4-12(8)18-7-10(6-16)21-14(18)20/h3-4,10H,1-2,5-7,16H2,(H,17,19)/t10-/m1/s1. The summed E-state index contributed by atoms with van der Waals surface area (Å²) in [6, 6.07) is 3.50. The summed E-state index contributed by atoms with van der Waals surface area (Å²) < 4.78 is 17.9. The molecule has 112 valence electrons. The molecule has 0 aromatic heterocycles. The molecule has 1 saturated heterocycles. The molecule has 1 aromatic carbocycles. The molecule has 2 aliphatic heterocycles. The number of aryl methyl sites for hydroxylation is 1. The molecule has 7 heteroatoms. The predicted molar refractivity (Wildman–Crippen MR) is 75.1 cm³/mol. The molecule has 0 aliphatic carbocycles. The molecule has 3 N–H and O–H groups in total. The smallest absolute Gasteiger partial charge is 0.414 e. The van der Waals surface area contributed by atoms with Crippen molar-refractivity contribution in [3.63, 3.8) is 0 Å². The Hall–Kier alpha value is -2.15. The molecule has 2 aliphatic rings. The van der Waals surface area contributed by atoms with Crippen molar-refractivity contribution in [1.29, 1.82) is 0 Å². The Bertz CT molecular complexity index is 605. The monoisotopic (exact) mass is 293 g/mol. The van der Waals surface area contributed by atoms with Crippen LogP contribution in [0.5, 0.6) is 0 Å². The van der Waals surface area contributed by atoms with Gasteiger partial charge in [0.2, 0.25) is 5.91 Å². The molecular weight excluding hydrogens is 277 g/mol. The van der Waals surface area contributed by atoms with Crippen LogP contribution in [0, 0.1) is 0 Å². The maximum Gasteiger partial charge on any atom is 0.414 e. The maximum atomic E-state index is 12.8. The number of anilines is 2. The molecule has 0 unspecified atom stereocenters. The summed E-state index contributed by atoms with van der Waals surface area (Å²) in [5.74, 6) is -0.0998. The van der Waals surface area contributed by atoms with E-state index in [-0.39, 0.29) is 31.4 Å². The van der Waals surface area contributed by atoms with Crippen molar-refractivity contribution in [2.75, 3.05) is 30.0 Å². The van der Waals surface area contributed by atoms with Gasteiger partial charge in [0.05, 0.1) is 25.3 Å². The first-order chi connectivity index (χ1) is 10.1. The van der Waals surface area contributed by atoms with Crippen LogP contribution in [0.15, 0.2) is 12.1 Å². The Kier molecular flexibility index (Phi) is 3.50. The van der Waals surface area contributed by atoms with Gasteiger partial charge in [-0.15, -0.1) is 0 Å². The van der Waals surface area contributed by atoms with Gasteiger partial charge < -0.3 is 15.8 Å². The Labute approximate surface area is 121 Å². The van der Waals surface area contributed by atoms with E-state index in [1.807, 2.05) is 0 Å². The number of fused-ring (bicyclic) bond motifs is 1. The van der Waals surface area contributed by atoms with Crippen LogP contribution in [0.4, 0.5) is 20.6 Å². The molecule has 1 aromatic rings. The highest BCUT2D eigenvalue weighted by atomic mass is 19.1. The summed E-state index contributed by atoms with van der Waals surface area (Å²) in [7, 11) is 0. The number of carbonyl (C=O) groups is 2. The van der Waals surface area contributed by atoms with E-state index in [9.17, 15) is 14.0 Å². The maximum absolute atomic E-state index is 12.8. The Morgan fingerprint density at radius 3 is 2.90 bits per heavy atom. The van der Waals surface area contributed by atoms with Crippen LogP contribution in [0.2, 0.25) is 0 Å². The second-order valence-corrected chi connectivity index (χ2v) is 5.15. The fraction of sp³-hybridized carbons (Fsp3) is 0.429. The number of nitrogens with two attached hydrogens (primary N) is 1. The van der Waals surface area contributed by atoms with Crippen LogP contribution >= 0.6 is 0 Å². The molecule has 0 saturated carbocycles. The van der Waals surface area contributed by atoms with Gasteiger partial charge in [0.15, 0.2) is 0 Å². The molecule has 2 amide bonds. The van der Waals surface area contributed by atoms with E-state index < -0.39 is 12.8 Å². The van der Waals surface area contributed by atoms with Crippen molar-refractivity contribution < 1.29 is 18.7 Å². The lowest BCUT2D eigenvalue weighted by Gasteiger charge is -2.18. The molecular formula is C14H16FN3O3. The van der Waals surface area contributed by atoms with Gasteiger partial charge in [-0.05, 0) is 23.3 Å². The Morgan fingerprint density at radius 1 is 1.43 bits per heavy atom. The first-order valence-corrected chi connectivity index (χ1v) is 6.82. The number of hydrogen-bond acceptors (Lipinski definition) is 4. The van der Waals surface area contributed by atoms with Gasteiger partial charge in [0.1, 0.15) is 6.10 Å². The molecule has 0 radical (unpaired) electrons. The van der Waals surface area contributed by atoms with E-state index >= 15 is 0 Å². The number of carbonyl (C=O) groups excluding carboxylic acids is 2. The third-order valence-electron chi connectivity index (χ3n) is 3.72. The summed E-state index contributed by atoms with van der Waals surface area (Å²) in [6.07, 6.45) is -0.400. The van der Waals surface area contributed by atoms with E-state index in [1.54, 1.807) is 12.1 Å². The minimum absolute atomic E-state index is 0.0998. The van der Waals surface area contributed by atoms with Crippen molar-refractivity contribution in [2.45, 2.75) is 18.9 Å². The summed E-state index contributed by atoms with van der Waals surface area (Å²) in [4.78, 5) is 24.9. The van der Waals surface area contributed by atoms with Crippen LogP contribution in [0.25, 0.3) is 0 Å². The number of ether oxygens (including phenoxy) is 1. The first-order valence-electron chi connectivity index (χ1n) is 6.82. The largest absolute Gasteiger partial charge is 0.443 e. The average Bonchev–Trinajstić information content (AvgIpc) is 2.99. The second-order valence-electron chi connectivity index (χ2n) is 5.15. The second kappa shape index (κ2) is 5.33. The molecule has 3 rings (SSSR count). The highest BCUT2D eigenvalue weighted by Gasteiger charge is 2.33. The molecule has 0 bridgehead atoms. The SMILES string of the molecule is NC[C@@H]1CN(c2cc3c(cc2CCF)NC(=O)C3)C(=O)O1. The fourth-order valence-electron chi connectivity index (χ4n) is 2.70. The van der Waals surface area contributed by atoms with Crippen molar-refractivity contribution >= 4 is 23.4 Å².